The van der Waals surface area contributed by atoms with Crippen LogP contribution in [0.3, 0.4) is 0 Å². The lowest BCUT2D eigenvalue weighted by atomic mass is 10.9. The van der Waals surface area contributed by atoms with E-state index in [9.17, 15) is 0 Å². The molecule has 0 aromatic carbocycles. The van der Waals surface area contributed by atoms with Crippen molar-refractivity contribution in [2.24, 2.45) is 0 Å². The summed E-state index contributed by atoms with van der Waals surface area (Å²) in [6.07, 6.45) is 0. The highest BCUT2D eigenvalue weighted by molar-refractivity contribution is 7.59. The summed E-state index contributed by atoms with van der Waals surface area (Å²) in [6.45, 7) is 11.1. The molecule has 0 bridgehead atoms. The predicted octanol–water partition coefficient (Wildman–Crippen LogP) is 1.63. The number of rotatable bonds is 0. The van der Waals surface area contributed by atoms with E-state index in [0.29, 0.717) is 0 Å². The molecule has 1 saturated heterocycles. The predicted molar refractivity (Wildman–Crippen MR) is 51.5 cm³/mol. The average molecular weight is 188 g/mol. The van der Waals surface area contributed by atoms with Crippen LogP contribution >= 0.6 is 0 Å². The van der Waals surface area contributed by atoms with Crippen LogP contribution in [-0.4, -0.2) is 30.6 Å². The summed E-state index contributed by atoms with van der Waals surface area (Å²) in [5, 5.41) is 0. The highest BCUT2D eigenvalue weighted by Crippen LogP contribution is 2.25. The first-order chi connectivity index (χ1) is 4.46. The van der Waals surface area contributed by atoms with Gasteiger partial charge >= 0.3 is 0 Å². The molecule has 1 rings (SSSR count). The van der Waals surface area contributed by atoms with Gasteiger partial charge in [0.2, 0.25) is 9.28 Å². The molecule has 0 unspecified atom stereocenters. The number of hydrogen-bond acceptors (Lipinski definition) is 1. The fraction of sp³-hybridized carbons (Fsp3) is 1.00. The third kappa shape index (κ3) is 1.44. The first-order valence-electron chi connectivity index (χ1n) is 3.85. The van der Waals surface area contributed by atoms with Gasteiger partial charge in [0.1, 0.15) is 0 Å². The van der Waals surface area contributed by atoms with Crippen LogP contribution in [0.2, 0.25) is 32.2 Å². The van der Waals surface area contributed by atoms with Crippen molar-refractivity contribution in [3.63, 3.8) is 0 Å². The molecule has 0 aromatic heterocycles. The monoisotopic (exact) mass is 188 g/mol. The maximum atomic E-state index is 5.54. The van der Waals surface area contributed by atoms with Crippen molar-refractivity contribution in [3.8, 4) is 0 Å². The zero-order chi connectivity index (χ0) is 7.83. The summed E-state index contributed by atoms with van der Waals surface area (Å²) in [6, 6.07) is 1.40. The maximum absolute atomic E-state index is 5.54. The minimum absolute atomic E-state index is 0.792. The van der Waals surface area contributed by atoms with Gasteiger partial charge in [-0.2, -0.15) is 0 Å². The SMILES string of the molecule is C[Si]1(C)CCO[Si][Si]1(C)C. The van der Waals surface area contributed by atoms with E-state index in [1.54, 1.807) is 0 Å². The largest absolute Gasteiger partial charge is 0.422 e. The second-order valence-corrected chi connectivity index (χ2v) is 25.9. The Hall–Kier alpha value is 0.611. The van der Waals surface area contributed by atoms with Crippen molar-refractivity contribution >= 4 is 24.0 Å². The molecule has 58 valence electrons. The molecule has 1 aliphatic heterocycles. The van der Waals surface area contributed by atoms with Crippen molar-refractivity contribution in [3.05, 3.63) is 0 Å². The Kier molecular flexibility index (Phi) is 2.25. The summed E-state index contributed by atoms with van der Waals surface area (Å²) in [5.41, 5.74) is 0. The Morgan fingerprint density at radius 3 is 2.10 bits per heavy atom. The maximum Gasteiger partial charge on any atom is 0.209 e. The molecular formula is C6H16OSi3. The van der Waals surface area contributed by atoms with E-state index >= 15 is 0 Å². The summed E-state index contributed by atoms with van der Waals surface area (Å²) in [4.78, 5) is 0. The van der Waals surface area contributed by atoms with E-state index in [1.807, 2.05) is 0 Å². The normalized spacial score (nSPS) is 30.0. The van der Waals surface area contributed by atoms with Crippen molar-refractivity contribution in [2.75, 3.05) is 6.61 Å². The first kappa shape index (κ1) is 8.70. The smallest absolute Gasteiger partial charge is 0.209 e. The van der Waals surface area contributed by atoms with Gasteiger partial charge in [0, 0.05) is 14.2 Å². The van der Waals surface area contributed by atoms with E-state index in [-0.39, 0.29) is 0 Å². The van der Waals surface area contributed by atoms with Crippen molar-refractivity contribution in [2.45, 2.75) is 32.2 Å². The molecule has 4 heteroatoms. The van der Waals surface area contributed by atoms with Crippen LogP contribution in [0.5, 0.6) is 0 Å². The van der Waals surface area contributed by atoms with Gasteiger partial charge in [0.15, 0.2) is 0 Å². The van der Waals surface area contributed by atoms with E-state index in [0.717, 1.165) is 15.9 Å². The molecule has 0 amide bonds. The van der Waals surface area contributed by atoms with Gasteiger partial charge in [-0.15, -0.1) is 0 Å². The Bertz CT molecular complexity index is 117. The van der Waals surface area contributed by atoms with Gasteiger partial charge in [-0.1, -0.05) is 26.2 Å². The van der Waals surface area contributed by atoms with Crippen LogP contribution in [0, 0.1) is 0 Å². The molecule has 0 N–H and O–H groups in total. The summed E-state index contributed by atoms with van der Waals surface area (Å²) >= 11 is 0. The van der Waals surface area contributed by atoms with Crippen LogP contribution in [0.4, 0.5) is 0 Å². The third-order valence-electron chi connectivity index (χ3n) is 2.85. The van der Waals surface area contributed by atoms with Crippen molar-refractivity contribution in [1.29, 1.82) is 0 Å². The number of hydrogen-bond donors (Lipinski definition) is 0. The Balaban J connectivity index is 2.70. The molecule has 1 fully saturated rings. The van der Waals surface area contributed by atoms with E-state index in [4.69, 9.17) is 4.43 Å². The van der Waals surface area contributed by atoms with Crippen LogP contribution in [0.25, 0.3) is 0 Å². The van der Waals surface area contributed by atoms with E-state index in [1.165, 1.54) is 6.04 Å². The highest BCUT2D eigenvalue weighted by Gasteiger charge is 2.44. The van der Waals surface area contributed by atoms with Gasteiger partial charge in [0.05, 0.1) is 7.11 Å². The minimum Gasteiger partial charge on any atom is -0.422 e. The molecule has 0 spiro atoms. The second kappa shape index (κ2) is 2.58. The highest BCUT2D eigenvalue weighted by atomic mass is 29.6. The molecule has 1 aliphatic rings. The lowest BCUT2D eigenvalue weighted by Crippen LogP contribution is -2.63. The molecule has 2 radical (unpaired) electrons. The molecule has 1 nitrogen and oxygen atoms in total. The van der Waals surface area contributed by atoms with Crippen LogP contribution < -0.4 is 0 Å². The molecule has 10 heavy (non-hydrogen) atoms. The van der Waals surface area contributed by atoms with E-state index < -0.39 is 14.7 Å². The standard InChI is InChI=1S/C6H16OSi3/c1-9(2)6-5-7-8-10(9,3)4/h5-6H2,1-4H3. The van der Waals surface area contributed by atoms with E-state index in [2.05, 4.69) is 26.2 Å². The van der Waals surface area contributed by atoms with Gasteiger partial charge < -0.3 is 4.43 Å². The molecule has 0 atom stereocenters. The summed E-state index contributed by atoms with van der Waals surface area (Å²) in [7, 11) is -0.785. The Morgan fingerprint density at radius 1 is 1.20 bits per heavy atom. The van der Waals surface area contributed by atoms with Crippen LogP contribution in [-0.2, 0) is 4.43 Å². The molecule has 0 aliphatic carbocycles. The summed E-state index contributed by atoms with van der Waals surface area (Å²) in [5.74, 6) is 0. The summed E-state index contributed by atoms with van der Waals surface area (Å²) < 4.78 is 5.54. The molecule has 0 aromatic rings. The zero-order valence-electron chi connectivity index (χ0n) is 7.32. The quantitative estimate of drug-likeness (QED) is 0.525. The Morgan fingerprint density at radius 2 is 1.80 bits per heavy atom. The third-order valence-corrected chi connectivity index (χ3v) is 28.4. The molecular weight excluding hydrogens is 172 g/mol. The topological polar surface area (TPSA) is 9.23 Å². The fourth-order valence-electron chi connectivity index (χ4n) is 0.988. The minimum atomic E-state index is -0.874. The zero-order valence-corrected chi connectivity index (χ0v) is 10.3. The van der Waals surface area contributed by atoms with Gasteiger partial charge in [-0.3, -0.25) is 0 Å². The van der Waals surface area contributed by atoms with Crippen molar-refractivity contribution < 1.29 is 4.43 Å². The second-order valence-electron chi connectivity index (χ2n) is 4.21. The lowest BCUT2D eigenvalue weighted by Gasteiger charge is -2.41. The lowest BCUT2D eigenvalue weighted by molar-refractivity contribution is 0.364. The fourth-order valence-corrected chi connectivity index (χ4v) is 11.9. The molecule has 0 saturated carbocycles. The first-order valence-corrected chi connectivity index (χ1v) is 13.0. The van der Waals surface area contributed by atoms with Gasteiger partial charge in [-0.05, 0) is 6.04 Å². The van der Waals surface area contributed by atoms with Crippen molar-refractivity contribution in [1.82, 2.24) is 0 Å². The van der Waals surface area contributed by atoms with Crippen LogP contribution in [0.1, 0.15) is 0 Å². The van der Waals surface area contributed by atoms with Gasteiger partial charge in [0.25, 0.3) is 0 Å². The molecule has 1 heterocycles. The van der Waals surface area contributed by atoms with Crippen LogP contribution in [0.15, 0.2) is 0 Å². The van der Waals surface area contributed by atoms with Gasteiger partial charge in [-0.25, -0.2) is 0 Å². The average Bonchev–Trinajstić information content (AvgIpc) is 1.77. The Labute approximate surface area is 67.7 Å².